The van der Waals surface area contributed by atoms with Crippen molar-refractivity contribution in [1.82, 2.24) is 0 Å². The Labute approximate surface area is 71.4 Å². The number of halogens is 1. The van der Waals surface area contributed by atoms with Crippen LogP contribution in [-0.2, 0) is 0 Å². The molecule has 1 nitrogen and oxygen atoms in total. The highest BCUT2D eigenvalue weighted by molar-refractivity contribution is 9.10. The molecule has 0 bridgehead atoms. The molecule has 0 amide bonds. The number of hydrogen-bond donors (Lipinski definition) is 1. The Hall–Kier alpha value is -0.500. The lowest BCUT2D eigenvalue weighted by atomic mass is 10.2. The summed E-state index contributed by atoms with van der Waals surface area (Å²) in [5, 5.41) is 0. The molecule has 9 heavy (non-hydrogen) atoms. The molecule has 1 rings (SSSR count). The number of nitrogens with two attached hydrogens (primary N) is 1. The number of nitrogen functional groups attached to an aromatic ring is 1. The van der Waals surface area contributed by atoms with E-state index in [4.69, 9.17) is 14.0 Å². The molecule has 48 valence electrons. The van der Waals surface area contributed by atoms with Gasteiger partial charge in [0.25, 0.3) is 0 Å². The minimum absolute atomic E-state index is 0.0205. The zero-order valence-electron chi connectivity index (χ0n) is 10.5. The van der Waals surface area contributed by atoms with Crippen LogP contribution in [0.25, 0.3) is 0 Å². The second kappa shape index (κ2) is 2.40. The molecule has 0 saturated carbocycles. The van der Waals surface area contributed by atoms with Gasteiger partial charge in [0.05, 0.1) is 4.11 Å². The van der Waals surface area contributed by atoms with Gasteiger partial charge in [-0.3, -0.25) is 0 Å². The van der Waals surface area contributed by atoms with Gasteiger partial charge >= 0.3 is 0 Å². The van der Waals surface area contributed by atoms with E-state index >= 15 is 0 Å². The van der Waals surface area contributed by atoms with Crippen LogP contribution in [0, 0.1) is 6.85 Å². The minimum Gasteiger partial charge on any atom is -0.399 e. The van der Waals surface area contributed by atoms with Crippen molar-refractivity contribution in [1.29, 1.82) is 0 Å². The van der Waals surface area contributed by atoms with Crippen molar-refractivity contribution in [2.75, 3.05) is 5.73 Å². The predicted molar refractivity (Wildman–Crippen MR) is 43.3 cm³/mol. The molecule has 0 saturated heterocycles. The molecule has 2 N–H and O–H groups in total. The Morgan fingerprint density at radius 3 is 3.22 bits per heavy atom. The Balaban J connectivity index is 3.68. The van der Waals surface area contributed by atoms with E-state index in [1.807, 2.05) is 0 Å². The molecular weight excluding hydrogens is 178 g/mol. The standard InChI is InChI=1S/C7H8BrN/c1-5-4-6(8)2-3-7(5)9/h2-4H,9H2,1H3/i1D3,2D,3D,4D. The SMILES string of the molecule is [2H]c1c([2H])c(Br)c([2H])c(C([2H])([2H])[2H])c1N. The molecule has 0 aliphatic carbocycles. The summed E-state index contributed by atoms with van der Waals surface area (Å²) in [6.45, 7) is -2.55. The van der Waals surface area contributed by atoms with Crippen LogP contribution in [0.5, 0.6) is 0 Å². The first-order chi connectivity index (χ1) is 6.68. The van der Waals surface area contributed by atoms with Crippen LogP contribution in [0.15, 0.2) is 22.6 Å². The molecular formula is C7H8BrN. The second-order valence-electron chi connectivity index (χ2n) is 1.48. The Morgan fingerprint density at radius 1 is 1.78 bits per heavy atom. The third kappa shape index (κ3) is 1.45. The van der Waals surface area contributed by atoms with Crippen molar-refractivity contribution < 1.29 is 8.22 Å². The quantitative estimate of drug-likeness (QED) is 0.627. The molecule has 0 unspecified atom stereocenters. The molecule has 0 heterocycles. The van der Waals surface area contributed by atoms with E-state index in [2.05, 4.69) is 15.9 Å². The van der Waals surface area contributed by atoms with Gasteiger partial charge in [-0.25, -0.2) is 0 Å². The normalized spacial score (nSPS) is 20.6. The highest BCUT2D eigenvalue weighted by atomic mass is 79.9. The van der Waals surface area contributed by atoms with E-state index in [1.54, 1.807) is 0 Å². The molecule has 1 aromatic rings. The van der Waals surface area contributed by atoms with E-state index in [1.165, 1.54) is 0 Å². The first-order valence-corrected chi connectivity index (χ1v) is 3.02. The number of anilines is 1. The third-order valence-corrected chi connectivity index (χ3v) is 1.21. The van der Waals surface area contributed by atoms with Crippen LogP contribution in [0.2, 0.25) is 0 Å². The number of benzene rings is 1. The molecule has 2 heteroatoms. The Morgan fingerprint density at radius 2 is 2.56 bits per heavy atom. The summed E-state index contributed by atoms with van der Waals surface area (Å²) in [7, 11) is 0. The lowest BCUT2D eigenvalue weighted by Crippen LogP contribution is -1.87. The third-order valence-electron chi connectivity index (χ3n) is 0.811. The minimum atomic E-state index is -2.55. The van der Waals surface area contributed by atoms with Crippen LogP contribution in [0.1, 0.15) is 13.8 Å². The average Bonchev–Trinajstić information content (AvgIpc) is 2.09. The van der Waals surface area contributed by atoms with Gasteiger partial charge in [0, 0.05) is 14.3 Å². The fourth-order valence-corrected chi connectivity index (χ4v) is 0.690. The first-order valence-electron chi connectivity index (χ1n) is 5.23. The topological polar surface area (TPSA) is 26.0 Å². The van der Waals surface area contributed by atoms with E-state index < -0.39 is 6.85 Å². The van der Waals surface area contributed by atoms with Crippen molar-refractivity contribution in [2.45, 2.75) is 6.85 Å². The summed E-state index contributed by atoms with van der Waals surface area (Å²) >= 11 is 2.91. The van der Waals surface area contributed by atoms with Gasteiger partial charge < -0.3 is 5.73 Å². The summed E-state index contributed by atoms with van der Waals surface area (Å²) in [5.74, 6) is 0. The fraction of sp³-hybridized carbons (Fsp3) is 0.143. The van der Waals surface area contributed by atoms with Crippen LogP contribution in [-0.4, -0.2) is 0 Å². The van der Waals surface area contributed by atoms with E-state index in [0.29, 0.717) is 0 Å². The van der Waals surface area contributed by atoms with Crippen molar-refractivity contribution in [3.63, 3.8) is 0 Å². The smallest absolute Gasteiger partial charge is 0.0645 e. The van der Waals surface area contributed by atoms with E-state index in [9.17, 15) is 0 Å². The van der Waals surface area contributed by atoms with E-state index in [0.717, 1.165) is 0 Å². The van der Waals surface area contributed by atoms with Gasteiger partial charge in [-0.1, -0.05) is 15.9 Å². The number of rotatable bonds is 0. The predicted octanol–water partition coefficient (Wildman–Crippen LogP) is 2.34. The lowest BCUT2D eigenvalue weighted by Gasteiger charge is -1.97. The number of hydrogen-bond acceptors (Lipinski definition) is 1. The zero-order chi connectivity index (χ0) is 12.0. The van der Waals surface area contributed by atoms with Gasteiger partial charge in [-0.15, -0.1) is 0 Å². The van der Waals surface area contributed by atoms with Crippen molar-refractivity contribution in [3.8, 4) is 0 Å². The summed E-state index contributed by atoms with van der Waals surface area (Å²) in [6, 6.07) is -0.997. The summed E-state index contributed by atoms with van der Waals surface area (Å²) in [4.78, 5) is 0. The molecule has 0 atom stereocenters. The van der Waals surface area contributed by atoms with E-state index in [-0.39, 0.29) is 33.9 Å². The van der Waals surface area contributed by atoms with Gasteiger partial charge in [-0.05, 0) is 30.5 Å². The van der Waals surface area contributed by atoms with Crippen molar-refractivity contribution in [2.24, 2.45) is 0 Å². The largest absolute Gasteiger partial charge is 0.399 e. The maximum absolute atomic E-state index is 7.54. The van der Waals surface area contributed by atoms with Gasteiger partial charge in [0.2, 0.25) is 0 Å². The lowest BCUT2D eigenvalue weighted by molar-refractivity contribution is 1.45. The zero-order valence-corrected chi connectivity index (χ0v) is 6.04. The van der Waals surface area contributed by atoms with Crippen molar-refractivity contribution in [3.05, 3.63) is 28.2 Å². The molecule has 0 aliphatic rings. The van der Waals surface area contributed by atoms with Crippen LogP contribution in [0.3, 0.4) is 0 Å². The van der Waals surface area contributed by atoms with Crippen LogP contribution < -0.4 is 5.73 Å². The average molecular weight is 192 g/mol. The van der Waals surface area contributed by atoms with Crippen LogP contribution in [0.4, 0.5) is 5.69 Å². The fourth-order valence-electron chi connectivity index (χ4n) is 0.393. The summed E-state index contributed by atoms with van der Waals surface area (Å²) in [6.07, 6.45) is 0. The summed E-state index contributed by atoms with van der Waals surface area (Å²) in [5.41, 5.74) is 4.73. The first kappa shape index (κ1) is 2.27. The molecule has 0 spiro atoms. The molecule has 0 aromatic heterocycles. The van der Waals surface area contributed by atoms with Crippen molar-refractivity contribution >= 4 is 21.6 Å². The Bertz CT molecular complexity index is 384. The molecule has 0 radical (unpaired) electrons. The van der Waals surface area contributed by atoms with Gasteiger partial charge in [-0.2, -0.15) is 0 Å². The maximum atomic E-state index is 7.54. The summed E-state index contributed by atoms with van der Waals surface area (Å²) < 4.78 is 43.9. The molecule has 1 aromatic carbocycles. The molecule has 0 fully saturated rings. The second-order valence-corrected chi connectivity index (χ2v) is 2.27. The Kier molecular flexibility index (Phi) is 0.605. The highest BCUT2D eigenvalue weighted by Crippen LogP contribution is 2.16. The van der Waals surface area contributed by atoms with Crippen LogP contribution >= 0.6 is 15.9 Å². The monoisotopic (exact) mass is 191 g/mol. The maximum Gasteiger partial charge on any atom is 0.0645 e. The molecule has 0 aliphatic heterocycles. The van der Waals surface area contributed by atoms with Gasteiger partial charge in [0.1, 0.15) is 0 Å². The highest BCUT2D eigenvalue weighted by Gasteiger charge is 1.90. The van der Waals surface area contributed by atoms with Gasteiger partial charge in [0.15, 0.2) is 0 Å².